The van der Waals surface area contributed by atoms with E-state index in [1.54, 1.807) is 6.26 Å². The highest BCUT2D eigenvalue weighted by atomic mass is 16.3. The van der Waals surface area contributed by atoms with Crippen LogP contribution >= 0.6 is 0 Å². The topological polar surface area (TPSA) is 43.1 Å². The highest BCUT2D eigenvalue weighted by Crippen LogP contribution is 2.12. The van der Waals surface area contributed by atoms with Crippen LogP contribution in [0.15, 0.2) is 53.5 Å². The van der Waals surface area contributed by atoms with Crippen LogP contribution < -0.4 is 0 Å². The van der Waals surface area contributed by atoms with Gasteiger partial charge in [0.2, 0.25) is 0 Å². The van der Waals surface area contributed by atoms with Crippen LogP contribution in [0, 0.1) is 0 Å². The van der Waals surface area contributed by atoms with Crippen molar-refractivity contribution in [1.29, 1.82) is 0 Å². The quantitative estimate of drug-likeness (QED) is 0.579. The maximum atomic E-state index is 11.0. The van der Waals surface area contributed by atoms with E-state index in [2.05, 4.69) is 4.98 Å². The molecule has 3 heteroatoms. The molecule has 0 fully saturated rings. The Balaban J connectivity index is 2.17. The average molecular weight is 213 g/mol. The number of aromatic nitrogens is 1. The zero-order chi connectivity index (χ0) is 11.2. The van der Waals surface area contributed by atoms with Gasteiger partial charge in [0.25, 0.3) is 0 Å². The summed E-state index contributed by atoms with van der Waals surface area (Å²) in [5, 5.41) is 0. The van der Waals surface area contributed by atoms with Crippen LogP contribution in [0.2, 0.25) is 0 Å². The van der Waals surface area contributed by atoms with Crippen molar-refractivity contribution in [2.45, 2.75) is 6.42 Å². The molecule has 2 aromatic rings. The zero-order valence-corrected chi connectivity index (χ0v) is 8.67. The van der Waals surface area contributed by atoms with E-state index in [0.29, 0.717) is 12.0 Å². The van der Waals surface area contributed by atoms with Gasteiger partial charge in [-0.3, -0.25) is 4.79 Å². The third kappa shape index (κ3) is 2.45. The molecular weight excluding hydrogens is 202 g/mol. The van der Waals surface area contributed by atoms with Crippen molar-refractivity contribution in [3.05, 3.63) is 60.3 Å². The van der Waals surface area contributed by atoms with Crippen molar-refractivity contribution < 1.29 is 9.21 Å². The molecule has 1 aromatic carbocycles. The summed E-state index contributed by atoms with van der Waals surface area (Å²) in [7, 11) is 0. The molecule has 0 amide bonds. The van der Waals surface area contributed by atoms with Crippen LogP contribution in [0.3, 0.4) is 0 Å². The summed E-state index contributed by atoms with van der Waals surface area (Å²) in [5.74, 6) is 0. The molecule has 0 saturated heterocycles. The fourth-order valence-electron chi connectivity index (χ4n) is 1.42. The Kier molecular flexibility index (Phi) is 3.28. The highest BCUT2D eigenvalue weighted by Gasteiger charge is 2.00. The van der Waals surface area contributed by atoms with E-state index >= 15 is 0 Å². The summed E-state index contributed by atoms with van der Waals surface area (Å²) in [6, 6.07) is 9.54. The van der Waals surface area contributed by atoms with Gasteiger partial charge in [-0.25, -0.2) is 4.98 Å². The molecule has 0 saturated carbocycles. The maximum Gasteiger partial charge on any atom is 0.180 e. The lowest BCUT2D eigenvalue weighted by atomic mass is 10.1. The number of carbonyl (C=O) groups excluding carboxylic acids is 1. The van der Waals surface area contributed by atoms with Crippen molar-refractivity contribution in [2.24, 2.45) is 0 Å². The summed E-state index contributed by atoms with van der Waals surface area (Å²) in [4.78, 5) is 14.9. The van der Waals surface area contributed by atoms with Gasteiger partial charge in [0.1, 0.15) is 12.5 Å². The van der Waals surface area contributed by atoms with Gasteiger partial charge < -0.3 is 4.42 Å². The number of allylic oxidation sites excluding steroid dienone is 2. The Morgan fingerprint density at radius 3 is 2.75 bits per heavy atom. The number of oxazole rings is 1. The second-order valence-electron chi connectivity index (χ2n) is 3.33. The number of aldehydes is 1. The van der Waals surface area contributed by atoms with Crippen LogP contribution in [0.4, 0.5) is 0 Å². The Labute approximate surface area is 93.4 Å². The Morgan fingerprint density at radius 2 is 2.12 bits per heavy atom. The molecule has 2 rings (SSSR count). The summed E-state index contributed by atoms with van der Waals surface area (Å²) in [6.45, 7) is 0. The third-order valence-corrected chi connectivity index (χ3v) is 2.25. The van der Waals surface area contributed by atoms with Crippen LogP contribution in [-0.4, -0.2) is 11.3 Å². The minimum absolute atomic E-state index is 0.597. The summed E-state index contributed by atoms with van der Waals surface area (Å²) < 4.78 is 4.86. The van der Waals surface area contributed by atoms with Crippen LogP contribution in [0.1, 0.15) is 11.3 Å². The standard InChI is InChI=1S/C13H11NO2/c15-8-12(11-4-2-1-3-5-11)6-7-13-9-16-10-14-13/h1-6,8-10H,7H2. The molecule has 0 bridgehead atoms. The molecule has 0 unspecified atom stereocenters. The van der Waals surface area contributed by atoms with Gasteiger partial charge in [0.05, 0.1) is 5.69 Å². The van der Waals surface area contributed by atoms with E-state index in [1.807, 2.05) is 36.4 Å². The second-order valence-corrected chi connectivity index (χ2v) is 3.33. The Bertz CT molecular complexity index is 472. The second kappa shape index (κ2) is 5.07. The van der Waals surface area contributed by atoms with E-state index in [4.69, 9.17) is 4.42 Å². The lowest BCUT2D eigenvalue weighted by Crippen LogP contribution is -1.88. The predicted octanol–water partition coefficient (Wildman–Crippen LogP) is 2.50. The molecule has 80 valence electrons. The van der Waals surface area contributed by atoms with Gasteiger partial charge in [0, 0.05) is 12.0 Å². The van der Waals surface area contributed by atoms with E-state index in [-0.39, 0.29) is 0 Å². The summed E-state index contributed by atoms with van der Waals surface area (Å²) in [5.41, 5.74) is 2.40. The monoisotopic (exact) mass is 213 g/mol. The molecule has 0 aliphatic rings. The first kappa shape index (κ1) is 10.4. The predicted molar refractivity (Wildman–Crippen MR) is 60.7 cm³/mol. The number of rotatable bonds is 4. The van der Waals surface area contributed by atoms with E-state index in [9.17, 15) is 4.79 Å². The third-order valence-electron chi connectivity index (χ3n) is 2.25. The van der Waals surface area contributed by atoms with Gasteiger partial charge in [0.15, 0.2) is 6.39 Å². The molecule has 0 aliphatic carbocycles. The van der Waals surface area contributed by atoms with Crippen LogP contribution in [0.5, 0.6) is 0 Å². The number of nitrogens with zero attached hydrogens (tertiary/aromatic N) is 1. The number of benzene rings is 1. The van der Waals surface area contributed by atoms with Crippen molar-refractivity contribution in [3.63, 3.8) is 0 Å². The van der Waals surface area contributed by atoms with Crippen molar-refractivity contribution >= 4 is 11.9 Å². The van der Waals surface area contributed by atoms with Crippen LogP contribution in [-0.2, 0) is 11.2 Å². The molecule has 16 heavy (non-hydrogen) atoms. The fraction of sp³-hybridized carbons (Fsp3) is 0.0769. The molecule has 0 N–H and O–H groups in total. The number of carbonyl (C=O) groups is 1. The SMILES string of the molecule is O=CC(=CCc1cocn1)c1ccccc1. The highest BCUT2D eigenvalue weighted by molar-refractivity contribution is 6.06. The molecule has 3 nitrogen and oxygen atoms in total. The Morgan fingerprint density at radius 1 is 1.31 bits per heavy atom. The average Bonchev–Trinajstić information content (AvgIpc) is 2.84. The number of hydrogen-bond donors (Lipinski definition) is 0. The number of hydrogen-bond acceptors (Lipinski definition) is 3. The minimum Gasteiger partial charge on any atom is -0.451 e. The molecule has 0 radical (unpaired) electrons. The summed E-state index contributed by atoms with van der Waals surface area (Å²) in [6.07, 6.45) is 6.26. The van der Waals surface area contributed by atoms with Gasteiger partial charge in [-0.15, -0.1) is 0 Å². The molecule has 1 heterocycles. The van der Waals surface area contributed by atoms with E-state index in [0.717, 1.165) is 17.5 Å². The lowest BCUT2D eigenvalue weighted by Gasteiger charge is -1.98. The molecule has 0 spiro atoms. The van der Waals surface area contributed by atoms with E-state index in [1.165, 1.54) is 6.39 Å². The van der Waals surface area contributed by atoms with Crippen molar-refractivity contribution in [2.75, 3.05) is 0 Å². The minimum atomic E-state index is 0.597. The van der Waals surface area contributed by atoms with Crippen LogP contribution in [0.25, 0.3) is 5.57 Å². The Hall–Kier alpha value is -2.16. The first-order chi connectivity index (χ1) is 7.90. The van der Waals surface area contributed by atoms with Gasteiger partial charge in [-0.05, 0) is 5.56 Å². The first-order valence-corrected chi connectivity index (χ1v) is 4.98. The largest absolute Gasteiger partial charge is 0.451 e. The van der Waals surface area contributed by atoms with Crippen molar-refractivity contribution in [3.8, 4) is 0 Å². The van der Waals surface area contributed by atoms with Gasteiger partial charge in [-0.1, -0.05) is 36.4 Å². The maximum absolute atomic E-state index is 11.0. The molecule has 0 aliphatic heterocycles. The zero-order valence-electron chi connectivity index (χ0n) is 8.67. The molecule has 0 atom stereocenters. The lowest BCUT2D eigenvalue weighted by molar-refractivity contribution is -0.103. The first-order valence-electron chi connectivity index (χ1n) is 4.98. The van der Waals surface area contributed by atoms with Gasteiger partial charge in [-0.2, -0.15) is 0 Å². The van der Waals surface area contributed by atoms with Gasteiger partial charge >= 0.3 is 0 Å². The normalized spacial score (nSPS) is 11.4. The fourth-order valence-corrected chi connectivity index (χ4v) is 1.42. The van der Waals surface area contributed by atoms with E-state index < -0.39 is 0 Å². The summed E-state index contributed by atoms with van der Waals surface area (Å²) >= 11 is 0. The smallest absolute Gasteiger partial charge is 0.180 e. The molecule has 1 aromatic heterocycles. The van der Waals surface area contributed by atoms with Crippen molar-refractivity contribution in [1.82, 2.24) is 4.98 Å². The molecular formula is C13H11NO2.